The molecule has 0 spiro atoms. The van der Waals surface area contributed by atoms with Crippen LogP contribution in [0, 0.1) is 34.6 Å². The van der Waals surface area contributed by atoms with Crippen LogP contribution in [0.25, 0.3) is 34.4 Å². The molecule has 7 rings (SSSR count). The monoisotopic (exact) mass is 671 g/mol. The van der Waals surface area contributed by atoms with Crippen LogP contribution in [0.1, 0.15) is 61.2 Å². The molecule has 0 aliphatic carbocycles. The van der Waals surface area contributed by atoms with E-state index in [0.717, 1.165) is 16.9 Å². The zero-order valence-electron chi connectivity index (χ0n) is 30.7. The molecule has 0 atom stereocenters. The minimum atomic E-state index is 1.08. The maximum absolute atomic E-state index is 3.58. The summed E-state index contributed by atoms with van der Waals surface area (Å²) in [4.78, 5) is 0. The van der Waals surface area contributed by atoms with Crippen LogP contribution in [0.3, 0.4) is 0 Å². The van der Waals surface area contributed by atoms with E-state index in [0.29, 0.717) is 0 Å². The van der Waals surface area contributed by atoms with Gasteiger partial charge in [0.15, 0.2) is 0 Å². The van der Waals surface area contributed by atoms with Gasteiger partial charge in [-0.15, -0.1) is 0 Å². The van der Waals surface area contributed by atoms with Crippen molar-refractivity contribution in [3.8, 4) is 11.1 Å². The predicted molar refractivity (Wildman–Crippen MR) is 225 cm³/mol. The molecule has 0 fully saturated rings. The third-order valence-corrected chi connectivity index (χ3v) is 9.80. The highest BCUT2D eigenvalue weighted by atomic mass is 14.9. The number of hydrogen-bond donors (Lipinski definition) is 1. The van der Waals surface area contributed by atoms with Crippen molar-refractivity contribution in [3.05, 3.63) is 225 Å². The first-order chi connectivity index (χ1) is 25.3. The molecule has 0 unspecified atom stereocenters. The minimum Gasteiger partial charge on any atom is -0.355 e. The van der Waals surface area contributed by atoms with Crippen molar-refractivity contribution in [1.82, 2.24) is 0 Å². The van der Waals surface area contributed by atoms with Gasteiger partial charge in [-0.25, -0.2) is 0 Å². The van der Waals surface area contributed by atoms with Crippen LogP contribution in [0.4, 0.5) is 11.4 Å². The molecule has 7 aromatic carbocycles. The van der Waals surface area contributed by atoms with Crippen molar-refractivity contribution < 1.29 is 0 Å². The molecule has 0 bridgehead atoms. The summed E-state index contributed by atoms with van der Waals surface area (Å²) in [5, 5.41) is 3.58. The molecule has 0 radical (unpaired) electrons. The Balaban J connectivity index is 1.17. The van der Waals surface area contributed by atoms with Crippen LogP contribution in [0.5, 0.6) is 0 Å². The first-order valence-electron chi connectivity index (χ1n) is 18.1. The Kier molecular flexibility index (Phi) is 10.1. The van der Waals surface area contributed by atoms with E-state index in [4.69, 9.17) is 0 Å². The fourth-order valence-corrected chi connectivity index (χ4v) is 7.01. The van der Waals surface area contributed by atoms with Gasteiger partial charge in [0.25, 0.3) is 0 Å². The van der Waals surface area contributed by atoms with Gasteiger partial charge in [0.1, 0.15) is 0 Å². The van der Waals surface area contributed by atoms with E-state index in [2.05, 4.69) is 216 Å². The highest BCUT2D eigenvalue weighted by Crippen LogP contribution is 2.34. The quantitative estimate of drug-likeness (QED) is 0.151. The topological polar surface area (TPSA) is 12.0 Å². The zero-order chi connectivity index (χ0) is 36.0. The van der Waals surface area contributed by atoms with Crippen molar-refractivity contribution in [3.63, 3.8) is 0 Å². The third-order valence-electron chi connectivity index (χ3n) is 9.80. The summed E-state index contributed by atoms with van der Waals surface area (Å²) in [6, 6.07) is 59.1. The molecule has 1 nitrogen and oxygen atoms in total. The normalized spacial score (nSPS) is 11.8. The second-order valence-corrected chi connectivity index (χ2v) is 13.9. The first kappa shape index (κ1) is 34.3. The summed E-state index contributed by atoms with van der Waals surface area (Å²) in [6.07, 6.45) is 4.62. The van der Waals surface area contributed by atoms with Gasteiger partial charge in [-0.05, 0) is 137 Å². The highest BCUT2D eigenvalue weighted by molar-refractivity contribution is 5.94. The van der Waals surface area contributed by atoms with Gasteiger partial charge < -0.3 is 5.32 Å². The Morgan fingerprint density at radius 3 is 1.38 bits per heavy atom. The summed E-state index contributed by atoms with van der Waals surface area (Å²) in [7, 11) is 0. The van der Waals surface area contributed by atoms with Crippen LogP contribution in [-0.2, 0) is 0 Å². The molecule has 7 aromatic rings. The van der Waals surface area contributed by atoms with Gasteiger partial charge >= 0.3 is 0 Å². The number of aryl methyl sites for hydroxylation is 5. The lowest BCUT2D eigenvalue weighted by Gasteiger charge is -2.15. The molecule has 254 valence electrons. The molecule has 0 saturated heterocycles. The van der Waals surface area contributed by atoms with Gasteiger partial charge in [-0.2, -0.15) is 0 Å². The maximum Gasteiger partial charge on any atom is 0.0414 e. The number of nitrogens with one attached hydrogen (secondary N) is 1. The fraction of sp³-hybridized carbons (Fsp3) is 0.0980. The van der Waals surface area contributed by atoms with E-state index < -0.39 is 0 Å². The Labute approximate surface area is 309 Å². The van der Waals surface area contributed by atoms with Crippen molar-refractivity contribution in [1.29, 1.82) is 0 Å². The summed E-state index contributed by atoms with van der Waals surface area (Å²) in [5.74, 6) is 0. The van der Waals surface area contributed by atoms with Crippen molar-refractivity contribution >= 4 is 34.7 Å². The second-order valence-electron chi connectivity index (χ2n) is 13.9. The SMILES string of the molecule is Cc1ccc(Nc2ccc(C=C(c3ccccc3)c3ccc(-c4ccc(C=C(c5ccccc5)c5ccc(C)cc5C)cc4)cc3C)cc2)c(C)c1. The van der Waals surface area contributed by atoms with E-state index in [-0.39, 0.29) is 0 Å². The molecule has 0 aromatic heterocycles. The van der Waals surface area contributed by atoms with E-state index >= 15 is 0 Å². The van der Waals surface area contributed by atoms with Gasteiger partial charge in [0, 0.05) is 11.4 Å². The van der Waals surface area contributed by atoms with Gasteiger partial charge in [0.2, 0.25) is 0 Å². The zero-order valence-corrected chi connectivity index (χ0v) is 30.7. The Morgan fingerprint density at radius 1 is 0.404 bits per heavy atom. The highest BCUT2D eigenvalue weighted by Gasteiger charge is 2.12. The number of anilines is 2. The Morgan fingerprint density at radius 2 is 0.865 bits per heavy atom. The molecule has 0 saturated carbocycles. The first-order valence-corrected chi connectivity index (χ1v) is 18.1. The Bertz CT molecular complexity index is 2380. The van der Waals surface area contributed by atoms with E-state index in [1.807, 2.05) is 0 Å². The lowest BCUT2D eigenvalue weighted by Crippen LogP contribution is -1.94. The molecule has 1 heteroatoms. The lowest BCUT2D eigenvalue weighted by molar-refractivity contribution is 1.35. The minimum absolute atomic E-state index is 1.08. The standard InChI is InChI=1S/C51H45N/c1-35-16-27-47(37(3)30-35)49(43-12-8-6-9-13-43)33-40-18-22-42(23-19-40)45-24-28-48(38(4)32-45)50(44-14-10-7-11-15-44)34-41-20-25-46(26-21-41)52-51-29-17-36(2)31-39(51)5/h6-34,52H,1-5H3. The molecular weight excluding hydrogens is 627 g/mol. The molecule has 0 aliphatic rings. The van der Waals surface area contributed by atoms with Crippen LogP contribution in [0.2, 0.25) is 0 Å². The average Bonchev–Trinajstić information content (AvgIpc) is 3.16. The van der Waals surface area contributed by atoms with Crippen LogP contribution in [0.15, 0.2) is 164 Å². The fourth-order valence-electron chi connectivity index (χ4n) is 7.01. The van der Waals surface area contributed by atoms with E-state index in [1.165, 1.54) is 77.9 Å². The van der Waals surface area contributed by atoms with Gasteiger partial charge in [-0.3, -0.25) is 0 Å². The summed E-state index contributed by atoms with van der Waals surface area (Å²) in [6.45, 7) is 10.9. The summed E-state index contributed by atoms with van der Waals surface area (Å²) < 4.78 is 0. The maximum atomic E-state index is 3.58. The summed E-state index contributed by atoms with van der Waals surface area (Å²) in [5.41, 5.74) is 20.6. The van der Waals surface area contributed by atoms with Crippen molar-refractivity contribution in [2.75, 3.05) is 5.32 Å². The molecule has 0 aliphatic heterocycles. The van der Waals surface area contributed by atoms with Crippen LogP contribution in [-0.4, -0.2) is 0 Å². The number of benzene rings is 7. The Hall–Kier alpha value is -6.18. The molecular formula is C51H45N. The lowest BCUT2D eigenvalue weighted by atomic mass is 9.90. The van der Waals surface area contributed by atoms with E-state index in [9.17, 15) is 0 Å². The molecule has 0 amide bonds. The van der Waals surface area contributed by atoms with Crippen molar-refractivity contribution in [2.45, 2.75) is 34.6 Å². The number of rotatable bonds is 9. The second kappa shape index (κ2) is 15.4. The average molecular weight is 672 g/mol. The number of hydrogen-bond acceptors (Lipinski definition) is 1. The van der Waals surface area contributed by atoms with Crippen LogP contribution >= 0.6 is 0 Å². The van der Waals surface area contributed by atoms with E-state index in [1.54, 1.807) is 0 Å². The molecule has 0 heterocycles. The molecule has 1 N–H and O–H groups in total. The summed E-state index contributed by atoms with van der Waals surface area (Å²) >= 11 is 0. The largest absolute Gasteiger partial charge is 0.355 e. The van der Waals surface area contributed by atoms with Crippen molar-refractivity contribution in [2.24, 2.45) is 0 Å². The smallest absolute Gasteiger partial charge is 0.0414 e. The van der Waals surface area contributed by atoms with Crippen LogP contribution < -0.4 is 5.32 Å². The third kappa shape index (κ3) is 7.90. The van der Waals surface area contributed by atoms with Gasteiger partial charge in [0.05, 0.1) is 0 Å². The van der Waals surface area contributed by atoms with Gasteiger partial charge in [-0.1, -0.05) is 157 Å². The molecule has 52 heavy (non-hydrogen) atoms. The predicted octanol–water partition coefficient (Wildman–Crippen LogP) is 13.8.